The molecule has 2 amide bonds. The van der Waals surface area contributed by atoms with E-state index in [0.29, 0.717) is 19.4 Å². The fraction of sp³-hybridized carbons (Fsp3) is 0.619. The molecular weight excluding hydrogens is 328 g/mol. The van der Waals surface area contributed by atoms with E-state index in [0.717, 1.165) is 12.1 Å². The molecule has 0 aliphatic carbocycles. The van der Waals surface area contributed by atoms with Crippen molar-refractivity contribution in [3.05, 3.63) is 29.8 Å². The number of benzene rings is 1. The zero-order valence-electron chi connectivity index (χ0n) is 16.1. The first-order chi connectivity index (χ1) is 12.6. The molecule has 5 nitrogen and oxygen atoms in total. The first kappa shape index (κ1) is 22.0. The average Bonchev–Trinajstić information content (AvgIpc) is 2.62. The Kier molecular flexibility index (Phi) is 12.0. The number of carbonyl (C=O) groups is 2. The van der Waals surface area contributed by atoms with Crippen molar-refractivity contribution >= 4 is 17.7 Å². The SMILES string of the molecule is CCCCCCCCCCc1ccc(NC(=O)CCCNC(=O)O)cc1. The molecule has 0 saturated carbocycles. The summed E-state index contributed by atoms with van der Waals surface area (Å²) >= 11 is 0. The molecule has 0 spiro atoms. The van der Waals surface area contributed by atoms with Gasteiger partial charge in [-0.2, -0.15) is 0 Å². The normalized spacial score (nSPS) is 10.5. The number of carboxylic acid groups (broad SMARTS) is 1. The zero-order valence-corrected chi connectivity index (χ0v) is 16.1. The van der Waals surface area contributed by atoms with E-state index in [9.17, 15) is 9.59 Å². The van der Waals surface area contributed by atoms with Crippen LogP contribution < -0.4 is 10.6 Å². The van der Waals surface area contributed by atoms with Gasteiger partial charge in [0.15, 0.2) is 0 Å². The smallest absolute Gasteiger partial charge is 0.404 e. The molecule has 0 aliphatic heterocycles. The number of unbranched alkanes of at least 4 members (excludes halogenated alkanes) is 7. The highest BCUT2D eigenvalue weighted by Crippen LogP contribution is 2.14. The summed E-state index contributed by atoms with van der Waals surface area (Å²) < 4.78 is 0. The molecule has 5 heteroatoms. The Bertz CT molecular complexity index is 514. The Balaban J connectivity index is 2.12. The van der Waals surface area contributed by atoms with Crippen molar-refractivity contribution < 1.29 is 14.7 Å². The van der Waals surface area contributed by atoms with E-state index in [1.54, 1.807) is 0 Å². The summed E-state index contributed by atoms with van der Waals surface area (Å²) in [6.45, 7) is 2.54. The third-order valence-electron chi connectivity index (χ3n) is 4.41. The van der Waals surface area contributed by atoms with Gasteiger partial charge in [-0.3, -0.25) is 4.79 Å². The van der Waals surface area contributed by atoms with Crippen LogP contribution in [0.5, 0.6) is 0 Å². The molecule has 26 heavy (non-hydrogen) atoms. The van der Waals surface area contributed by atoms with E-state index in [-0.39, 0.29) is 5.91 Å². The third-order valence-corrected chi connectivity index (χ3v) is 4.41. The summed E-state index contributed by atoms with van der Waals surface area (Å²) in [5.74, 6) is -0.0898. The topological polar surface area (TPSA) is 78.4 Å². The van der Waals surface area contributed by atoms with E-state index in [1.165, 1.54) is 56.9 Å². The van der Waals surface area contributed by atoms with Crippen LogP contribution in [0, 0.1) is 0 Å². The van der Waals surface area contributed by atoms with Crippen molar-refractivity contribution in [3.8, 4) is 0 Å². The van der Waals surface area contributed by atoms with Crippen LogP contribution in [-0.4, -0.2) is 23.7 Å². The minimum absolute atomic E-state index is 0.0898. The molecule has 0 aromatic heterocycles. The molecule has 0 bridgehead atoms. The number of carbonyl (C=O) groups excluding carboxylic acids is 1. The summed E-state index contributed by atoms with van der Waals surface area (Å²) in [7, 11) is 0. The molecule has 0 aliphatic rings. The molecule has 1 aromatic carbocycles. The number of hydrogen-bond donors (Lipinski definition) is 3. The van der Waals surface area contributed by atoms with E-state index >= 15 is 0 Å². The maximum Gasteiger partial charge on any atom is 0.404 e. The summed E-state index contributed by atoms with van der Waals surface area (Å²) in [6.07, 6.45) is 11.4. The van der Waals surface area contributed by atoms with E-state index in [2.05, 4.69) is 29.7 Å². The van der Waals surface area contributed by atoms with E-state index in [4.69, 9.17) is 5.11 Å². The van der Waals surface area contributed by atoms with Gasteiger partial charge >= 0.3 is 6.09 Å². The van der Waals surface area contributed by atoms with Crippen LogP contribution in [0.3, 0.4) is 0 Å². The summed E-state index contributed by atoms with van der Waals surface area (Å²) in [6, 6.07) is 8.02. The van der Waals surface area contributed by atoms with E-state index < -0.39 is 6.09 Å². The Hall–Kier alpha value is -2.04. The lowest BCUT2D eigenvalue weighted by Gasteiger charge is -2.07. The second-order valence-electron chi connectivity index (χ2n) is 6.81. The second kappa shape index (κ2) is 14.2. The maximum absolute atomic E-state index is 11.8. The largest absolute Gasteiger partial charge is 0.465 e. The number of nitrogens with one attached hydrogen (secondary N) is 2. The van der Waals surface area contributed by atoms with Crippen LogP contribution in [0.25, 0.3) is 0 Å². The average molecular weight is 363 g/mol. The van der Waals surface area contributed by atoms with E-state index in [1.807, 2.05) is 12.1 Å². The van der Waals surface area contributed by atoms with Gasteiger partial charge in [0.25, 0.3) is 0 Å². The number of hydrogen-bond acceptors (Lipinski definition) is 2. The number of rotatable bonds is 14. The molecule has 146 valence electrons. The highest BCUT2D eigenvalue weighted by molar-refractivity contribution is 5.90. The number of amides is 2. The third kappa shape index (κ3) is 11.5. The predicted octanol–water partition coefficient (Wildman–Crippen LogP) is 5.36. The van der Waals surface area contributed by atoms with Crippen molar-refractivity contribution in [1.29, 1.82) is 0 Å². The molecular formula is C21H34N2O3. The molecule has 0 atom stereocenters. The van der Waals surface area contributed by atoms with Gasteiger partial charge in [0, 0.05) is 18.7 Å². The molecule has 0 heterocycles. The van der Waals surface area contributed by atoms with Gasteiger partial charge in [0.2, 0.25) is 5.91 Å². The van der Waals surface area contributed by atoms with Crippen molar-refractivity contribution in [3.63, 3.8) is 0 Å². The quantitative estimate of drug-likeness (QED) is 0.390. The van der Waals surface area contributed by atoms with Crippen molar-refractivity contribution in [2.45, 2.75) is 77.6 Å². The van der Waals surface area contributed by atoms with Gasteiger partial charge in [-0.1, -0.05) is 64.0 Å². The van der Waals surface area contributed by atoms with Gasteiger partial charge in [0.05, 0.1) is 0 Å². The minimum atomic E-state index is -1.06. The fourth-order valence-electron chi connectivity index (χ4n) is 2.89. The number of anilines is 1. The predicted molar refractivity (Wildman–Crippen MR) is 107 cm³/mol. The summed E-state index contributed by atoms with van der Waals surface area (Å²) in [5.41, 5.74) is 2.10. The summed E-state index contributed by atoms with van der Waals surface area (Å²) in [5, 5.41) is 13.6. The zero-order chi connectivity index (χ0) is 19.0. The first-order valence-electron chi connectivity index (χ1n) is 9.97. The van der Waals surface area contributed by atoms with Crippen LogP contribution >= 0.6 is 0 Å². The van der Waals surface area contributed by atoms with Crippen LogP contribution in [0.15, 0.2) is 24.3 Å². The lowest BCUT2D eigenvalue weighted by Crippen LogP contribution is -2.23. The molecule has 1 aromatic rings. The van der Waals surface area contributed by atoms with Gasteiger partial charge in [0.1, 0.15) is 0 Å². The molecule has 0 saturated heterocycles. The molecule has 0 fully saturated rings. The minimum Gasteiger partial charge on any atom is -0.465 e. The van der Waals surface area contributed by atoms with Crippen LogP contribution in [0.2, 0.25) is 0 Å². The van der Waals surface area contributed by atoms with Crippen molar-refractivity contribution in [1.82, 2.24) is 5.32 Å². The lowest BCUT2D eigenvalue weighted by molar-refractivity contribution is -0.116. The lowest BCUT2D eigenvalue weighted by atomic mass is 10.0. The van der Waals surface area contributed by atoms with Crippen molar-refractivity contribution in [2.24, 2.45) is 0 Å². The standard InChI is InChI=1S/C21H34N2O3/c1-2-3-4-5-6-7-8-9-11-18-13-15-19(16-14-18)23-20(24)12-10-17-22-21(25)26/h13-16,22H,2-12,17H2,1H3,(H,23,24)(H,25,26). The molecule has 0 radical (unpaired) electrons. The monoisotopic (exact) mass is 362 g/mol. The van der Waals surface area contributed by atoms with Gasteiger partial charge in [-0.25, -0.2) is 4.79 Å². The Labute approximate surface area is 157 Å². The maximum atomic E-state index is 11.8. The molecule has 3 N–H and O–H groups in total. The number of aryl methyl sites for hydroxylation is 1. The molecule has 0 unspecified atom stereocenters. The van der Waals surface area contributed by atoms with Gasteiger partial charge < -0.3 is 15.7 Å². The second-order valence-corrected chi connectivity index (χ2v) is 6.81. The van der Waals surface area contributed by atoms with Crippen molar-refractivity contribution in [2.75, 3.05) is 11.9 Å². The Morgan fingerprint density at radius 3 is 2.12 bits per heavy atom. The highest BCUT2D eigenvalue weighted by Gasteiger charge is 2.03. The molecule has 1 rings (SSSR count). The van der Waals surface area contributed by atoms with Gasteiger partial charge in [-0.05, 0) is 37.0 Å². The van der Waals surface area contributed by atoms with Crippen LogP contribution in [0.4, 0.5) is 10.5 Å². The van der Waals surface area contributed by atoms with Crippen LogP contribution in [-0.2, 0) is 11.2 Å². The van der Waals surface area contributed by atoms with Gasteiger partial charge in [-0.15, -0.1) is 0 Å². The Morgan fingerprint density at radius 2 is 1.50 bits per heavy atom. The summed E-state index contributed by atoms with van der Waals surface area (Å²) in [4.78, 5) is 22.1. The fourth-order valence-corrected chi connectivity index (χ4v) is 2.89. The first-order valence-corrected chi connectivity index (χ1v) is 9.97. The highest BCUT2D eigenvalue weighted by atomic mass is 16.4. The Morgan fingerprint density at radius 1 is 0.885 bits per heavy atom. The van der Waals surface area contributed by atoms with Crippen LogP contribution in [0.1, 0.15) is 76.7 Å².